The van der Waals surface area contributed by atoms with Gasteiger partial charge >= 0.3 is 6.18 Å². The Kier molecular flexibility index (Phi) is 3.78. The van der Waals surface area contributed by atoms with Crippen LogP contribution in [0.25, 0.3) is 0 Å². The van der Waals surface area contributed by atoms with Crippen molar-refractivity contribution in [3.63, 3.8) is 0 Å². The maximum atomic E-state index is 12.6. The molecule has 4 nitrogen and oxygen atoms in total. The van der Waals surface area contributed by atoms with Gasteiger partial charge in [0.1, 0.15) is 5.82 Å². The molecule has 20 heavy (non-hydrogen) atoms. The van der Waals surface area contributed by atoms with Gasteiger partial charge in [-0.15, -0.1) is 0 Å². The Hall–Kier alpha value is -2.31. The van der Waals surface area contributed by atoms with Crippen molar-refractivity contribution in [2.75, 3.05) is 11.1 Å². The molecule has 7 heteroatoms. The third kappa shape index (κ3) is 3.37. The summed E-state index contributed by atoms with van der Waals surface area (Å²) in [6, 6.07) is 8.40. The molecule has 1 heterocycles. The van der Waals surface area contributed by atoms with Gasteiger partial charge in [-0.05, 0) is 18.1 Å². The summed E-state index contributed by atoms with van der Waals surface area (Å²) in [7, 11) is 0. The van der Waals surface area contributed by atoms with Gasteiger partial charge in [0, 0.05) is 12.6 Å². The van der Waals surface area contributed by atoms with E-state index in [0.29, 0.717) is 6.54 Å². The first-order valence-corrected chi connectivity index (χ1v) is 5.86. The van der Waals surface area contributed by atoms with Gasteiger partial charge in [0.25, 0.3) is 0 Å². The highest BCUT2D eigenvalue weighted by Crippen LogP contribution is 2.29. The summed E-state index contributed by atoms with van der Waals surface area (Å²) in [6.07, 6.45) is -4.55. The molecule has 0 bridgehead atoms. The van der Waals surface area contributed by atoms with Gasteiger partial charge in [-0.3, -0.25) is 0 Å². The lowest BCUT2D eigenvalue weighted by atomic mass is 10.1. The zero-order valence-corrected chi connectivity index (χ0v) is 10.7. The normalized spacial score (nSPS) is 11.4. The quantitative estimate of drug-likeness (QED) is 0.908. The monoisotopic (exact) mass is 282 g/mol. The first-order valence-electron chi connectivity index (χ1n) is 5.86. The van der Waals surface area contributed by atoms with Gasteiger partial charge < -0.3 is 11.1 Å². The van der Waals surface area contributed by atoms with Gasteiger partial charge in [0.05, 0.1) is 0 Å². The van der Waals surface area contributed by atoms with E-state index in [2.05, 4.69) is 15.3 Å². The smallest absolute Gasteiger partial charge is 0.368 e. The summed E-state index contributed by atoms with van der Waals surface area (Å²) in [5.41, 5.74) is 6.25. The van der Waals surface area contributed by atoms with Crippen LogP contribution in [0.5, 0.6) is 0 Å². The molecule has 106 valence electrons. The lowest BCUT2D eigenvalue weighted by Gasteiger charge is -2.11. The number of halogens is 3. The topological polar surface area (TPSA) is 63.8 Å². The van der Waals surface area contributed by atoms with Gasteiger partial charge in [-0.1, -0.05) is 24.3 Å². The summed E-state index contributed by atoms with van der Waals surface area (Å²) in [5.74, 6) is -0.361. The highest BCUT2D eigenvalue weighted by molar-refractivity contribution is 5.42. The van der Waals surface area contributed by atoms with Crippen LogP contribution in [0.15, 0.2) is 30.3 Å². The number of rotatable bonds is 3. The summed E-state index contributed by atoms with van der Waals surface area (Å²) < 4.78 is 37.8. The Morgan fingerprint density at radius 3 is 2.55 bits per heavy atom. The molecule has 2 aromatic rings. The minimum atomic E-state index is -4.55. The summed E-state index contributed by atoms with van der Waals surface area (Å²) in [5, 5.41) is 2.82. The molecule has 1 aromatic heterocycles. The zero-order chi connectivity index (χ0) is 14.8. The van der Waals surface area contributed by atoms with E-state index in [1.165, 1.54) is 0 Å². The molecule has 0 fully saturated rings. The van der Waals surface area contributed by atoms with E-state index in [9.17, 15) is 13.2 Å². The van der Waals surface area contributed by atoms with Crippen LogP contribution in [-0.4, -0.2) is 9.97 Å². The van der Waals surface area contributed by atoms with Crippen LogP contribution >= 0.6 is 0 Å². The van der Waals surface area contributed by atoms with Crippen LogP contribution in [0.1, 0.15) is 16.8 Å². The van der Waals surface area contributed by atoms with Gasteiger partial charge in [-0.25, -0.2) is 4.98 Å². The molecule has 2 rings (SSSR count). The number of hydrogen-bond donors (Lipinski definition) is 2. The Morgan fingerprint density at radius 1 is 1.20 bits per heavy atom. The first kappa shape index (κ1) is 14.1. The van der Waals surface area contributed by atoms with Crippen molar-refractivity contribution < 1.29 is 13.2 Å². The number of aryl methyl sites for hydroxylation is 1. The maximum absolute atomic E-state index is 12.6. The maximum Gasteiger partial charge on any atom is 0.433 e. The van der Waals surface area contributed by atoms with Gasteiger partial charge in [0.2, 0.25) is 5.95 Å². The molecule has 3 N–H and O–H groups in total. The first-order chi connectivity index (χ1) is 9.36. The van der Waals surface area contributed by atoms with Crippen molar-refractivity contribution in [2.24, 2.45) is 0 Å². The standard InChI is InChI=1S/C13H13F3N4/c1-8-4-2-3-5-9(8)7-18-11-6-10(13(14,15)16)19-12(17)20-11/h2-6H,7H2,1H3,(H3,17,18,19,20). The summed E-state index contributed by atoms with van der Waals surface area (Å²) in [6.45, 7) is 2.28. The van der Waals surface area contributed by atoms with Crippen molar-refractivity contribution in [1.29, 1.82) is 0 Å². The predicted molar refractivity (Wildman–Crippen MR) is 70.0 cm³/mol. The number of anilines is 2. The van der Waals surface area contributed by atoms with Crippen LogP contribution in [0.2, 0.25) is 0 Å². The molecular formula is C13H13F3N4. The highest BCUT2D eigenvalue weighted by atomic mass is 19.4. The van der Waals surface area contributed by atoms with Crippen molar-refractivity contribution in [3.05, 3.63) is 47.2 Å². The third-order valence-electron chi connectivity index (χ3n) is 2.76. The van der Waals surface area contributed by atoms with Crippen molar-refractivity contribution in [1.82, 2.24) is 9.97 Å². The van der Waals surface area contributed by atoms with Crippen LogP contribution < -0.4 is 11.1 Å². The van der Waals surface area contributed by atoms with Crippen LogP contribution in [0.3, 0.4) is 0 Å². The lowest BCUT2D eigenvalue weighted by Crippen LogP contribution is -2.13. The second-order valence-electron chi connectivity index (χ2n) is 4.27. The fourth-order valence-electron chi connectivity index (χ4n) is 1.70. The average molecular weight is 282 g/mol. The third-order valence-corrected chi connectivity index (χ3v) is 2.76. The number of aromatic nitrogens is 2. The molecule has 0 radical (unpaired) electrons. The van der Waals surface area contributed by atoms with E-state index >= 15 is 0 Å². The molecule has 0 amide bonds. The van der Waals surface area contributed by atoms with Crippen molar-refractivity contribution >= 4 is 11.8 Å². The van der Waals surface area contributed by atoms with E-state index in [1.54, 1.807) is 0 Å². The van der Waals surface area contributed by atoms with Crippen LogP contribution in [0, 0.1) is 6.92 Å². The number of nitrogens with zero attached hydrogens (tertiary/aromatic N) is 2. The number of nitrogens with one attached hydrogen (secondary N) is 1. The van der Waals surface area contributed by atoms with E-state index in [4.69, 9.17) is 5.73 Å². The molecule has 1 aromatic carbocycles. The number of nitrogens with two attached hydrogens (primary N) is 1. The number of nitrogen functional groups attached to an aromatic ring is 1. The molecule has 0 spiro atoms. The molecular weight excluding hydrogens is 269 g/mol. The Bertz CT molecular complexity index is 611. The molecule has 0 saturated heterocycles. The number of hydrogen-bond acceptors (Lipinski definition) is 4. The van der Waals surface area contributed by atoms with Gasteiger partial charge in [-0.2, -0.15) is 18.2 Å². The highest BCUT2D eigenvalue weighted by Gasteiger charge is 2.33. The zero-order valence-electron chi connectivity index (χ0n) is 10.7. The Balaban J connectivity index is 2.18. The molecule has 0 aliphatic heterocycles. The molecule has 0 unspecified atom stereocenters. The summed E-state index contributed by atoms with van der Waals surface area (Å²) in [4.78, 5) is 6.93. The molecule has 0 aliphatic rings. The predicted octanol–water partition coefficient (Wildman–Crippen LogP) is 3.00. The van der Waals surface area contributed by atoms with Crippen molar-refractivity contribution in [2.45, 2.75) is 19.6 Å². The van der Waals surface area contributed by atoms with Gasteiger partial charge in [0.15, 0.2) is 5.69 Å². The van der Waals surface area contributed by atoms with Crippen LogP contribution in [-0.2, 0) is 12.7 Å². The fourth-order valence-corrected chi connectivity index (χ4v) is 1.70. The fraction of sp³-hybridized carbons (Fsp3) is 0.231. The average Bonchev–Trinajstić information content (AvgIpc) is 2.36. The molecule has 0 atom stereocenters. The Labute approximate surface area is 113 Å². The van der Waals surface area contributed by atoms with E-state index in [-0.39, 0.29) is 5.82 Å². The SMILES string of the molecule is Cc1ccccc1CNc1cc(C(F)(F)F)nc(N)n1. The minimum Gasteiger partial charge on any atom is -0.368 e. The molecule has 0 saturated carbocycles. The molecule has 0 aliphatic carbocycles. The van der Waals surface area contributed by atoms with E-state index in [0.717, 1.165) is 17.2 Å². The van der Waals surface area contributed by atoms with E-state index < -0.39 is 17.8 Å². The Morgan fingerprint density at radius 2 is 1.90 bits per heavy atom. The summed E-state index contributed by atoms with van der Waals surface area (Å²) >= 11 is 0. The minimum absolute atomic E-state index is 0.0491. The van der Waals surface area contributed by atoms with Crippen molar-refractivity contribution in [3.8, 4) is 0 Å². The number of alkyl halides is 3. The van der Waals surface area contributed by atoms with Crippen LogP contribution in [0.4, 0.5) is 24.9 Å². The number of benzene rings is 1. The van der Waals surface area contributed by atoms with E-state index in [1.807, 2.05) is 31.2 Å². The second kappa shape index (κ2) is 5.36. The second-order valence-corrected chi connectivity index (χ2v) is 4.27. The lowest BCUT2D eigenvalue weighted by molar-refractivity contribution is -0.141. The largest absolute Gasteiger partial charge is 0.433 e.